The van der Waals surface area contributed by atoms with Gasteiger partial charge >= 0.3 is 0 Å². The second-order valence-corrected chi connectivity index (χ2v) is 1.79. The summed E-state index contributed by atoms with van der Waals surface area (Å²) in [5.74, 6) is -1.00. The molecule has 0 aromatic carbocycles. The lowest BCUT2D eigenvalue weighted by Gasteiger charge is -1.94. The molecule has 1 aliphatic heterocycles. The van der Waals surface area contributed by atoms with Crippen molar-refractivity contribution in [3.63, 3.8) is 0 Å². The van der Waals surface area contributed by atoms with Gasteiger partial charge < -0.3 is 0 Å². The molecule has 0 aliphatic carbocycles. The maximum Gasteiger partial charge on any atom is 0.285 e. The number of hydrogen-bond donors (Lipinski definition) is 0. The van der Waals surface area contributed by atoms with E-state index in [0.717, 1.165) is 0 Å². The van der Waals surface area contributed by atoms with E-state index in [4.69, 9.17) is 0 Å². The molecule has 0 aromatic heterocycles. The fraction of sp³-hybridized carbons (Fsp3) is 0.400. The SMILES string of the molecule is CC1=N[N]C(C(F)F)=C1F. The maximum absolute atomic E-state index is 12.4. The van der Waals surface area contributed by atoms with Gasteiger partial charge in [0.05, 0.1) is 5.71 Å². The van der Waals surface area contributed by atoms with E-state index in [2.05, 4.69) is 10.5 Å². The molecule has 55 valence electrons. The first-order valence-electron chi connectivity index (χ1n) is 2.56. The van der Waals surface area contributed by atoms with Gasteiger partial charge in [-0.3, -0.25) is 0 Å². The number of halogens is 3. The predicted molar refractivity (Wildman–Crippen MR) is 29.4 cm³/mol. The zero-order chi connectivity index (χ0) is 7.72. The second-order valence-electron chi connectivity index (χ2n) is 1.79. The highest BCUT2D eigenvalue weighted by molar-refractivity contribution is 5.98. The van der Waals surface area contributed by atoms with Crippen molar-refractivity contribution in [1.29, 1.82) is 0 Å². The van der Waals surface area contributed by atoms with Gasteiger partial charge in [0.15, 0.2) is 11.5 Å². The first-order valence-corrected chi connectivity index (χ1v) is 2.56. The summed E-state index contributed by atoms with van der Waals surface area (Å²) in [6.07, 6.45) is -2.87. The Balaban J connectivity index is 2.84. The zero-order valence-electron chi connectivity index (χ0n) is 5.11. The van der Waals surface area contributed by atoms with Crippen LogP contribution < -0.4 is 5.43 Å². The molecule has 0 fully saturated rings. The molecule has 0 saturated carbocycles. The summed E-state index contributed by atoms with van der Waals surface area (Å²) in [6.45, 7) is 1.29. The van der Waals surface area contributed by atoms with Gasteiger partial charge in [0, 0.05) is 0 Å². The standard InChI is InChI=1S/C5H4F3N2/c1-2-3(6)4(5(7)8)10-9-2/h5H,1H3. The van der Waals surface area contributed by atoms with Crippen LogP contribution in [0.15, 0.2) is 16.6 Å². The van der Waals surface area contributed by atoms with Crippen LogP contribution in [-0.4, -0.2) is 12.1 Å². The first-order chi connectivity index (χ1) is 4.63. The molecular formula is C5H4F3N2. The minimum absolute atomic E-state index is 0.0877. The summed E-state index contributed by atoms with van der Waals surface area (Å²) in [6, 6.07) is 0. The Labute approximate surface area is 55.4 Å². The van der Waals surface area contributed by atoms with Gasteiger partial charge in [-0.15, -0.1) is 5.43 Å². The number of alkyl halides is 2. The molecule has 1 aliphatic rings. The molecule has 0 saturated heterocycles. The topological polar surface area (TPSA) is 26.5 Å². The largest absolute Gasteiger partial charge is 0.285 e. The van der Waals surface area contributed by atoms with Crippen LogP contribution in [-0.2, 0) is 0 Å². The Morgan fingerprint density at radius 3 is 2.20 bits per heavy atom. The Morgan fingerprint density at radius 2 is 2.00 bits per heavy atom. The van der Waals surface area contributed by atoms with E-state index in [1.54, 1.807) is 0 Å². The number of allylic oxidation sites excluding steroid dienone is 2. The monoisotopic (exact) mass is 149 g/mol. The summed E-state index contributed by atoms with van der Waals surface area (Å²) < 4.78 is 35.8. The molecule has 1 radical (unpaired) electrons. The van der Waals surface area contributed by atoms with Gasteiger partial charge in [-0.05, 0) is 6.92 Å². The third kappa shape index (κ3) is 0.984. The van der Waals surface area contributed by atoms with E-state index >= 15 is 0 Å². The lowest BCUT2D eigenvalue weighted by Crippen LogP contribution is -2.04. The van der Waals surface area contributed by atoms with Gasteiger partial charge in [-0.1, -0.05) is 0 Å². The van der Waals surface area contributed by atoms with Gasteiger partial charge in [-0.25, -0.2) is 13.2 Å². The minimum atomic E-state index is -2.87. The molecule has 0 spiro atoms. The molecule has 2 nitrogen and oxygen atoms in total. The molecule has 1 heterocycles. The van der Waals surface area contributed by atoms with Crippen molar-refractivity contribution in [1.82, 2.24) is 5.43 Å². The summed E-state index contributed by atoms with van der Waals surface area (Å²) >= 11 is 0. The van der Waals surface area contributed by atoms with Crippen molar-refractivity contribution in [2.75, 3.05) is 0 Å². The molecule has 0 amide bonds. The average molecular weight is 149 g/mol. The minimum Gasteiger partial charge on any atom is -0.203 e. The fourth-order valence-corrected chi connectivity index (χ4v) is 0.541. The molecule has 10 heavy (non-hydrogen) atoms. The highest BCUT2D eigenvalue weighted by Crippen LogP contribution is 2.19. The Bertz CT molecular complexity index is 207. The van der Waals surface area contributed by atoms with E-state index in [9.17, 15) is 13.2 Å². The van der Waals surface area contributed by atoms with Crippen molar-refractivity contribution in [2.24, 2.45) is 5.10 Å². The summed E-state index contributed by atoms with van der Waals surface area (Å²) in [5, 5.41) is 3.13. The van der Waals surface area contributed by atoms with E-state index in [1.807, 2.05) is 0 Å². The van der Waals surface area contributed by atoms with E-state index < -0.39 is 17.9 Å². The molecule has 5 heteroatoms. The lowest BCUT2D eigenvalue weighted by molar-refractivity contribution is 0.177. The Kier molecular flexibility index (Phi) is 1.65. The number of nitrogens with zero attached hydrogens (tertiary/aromatic N) is 2. The average Bonchev–Trinajstić information content (AvgIpc) is 2.14. The molecule has 0 bridgehead atoms. The molecule has 0 aromatic rings. The third-order valence-electron chi connectivity index (χ3n) is 1.06. The molecule has 0 atom stereocenters. The van der Waals surface area contributed by atoms with Crippen molar-refractivity contribution >= 4 is 5.71 Å². The van der Waals surface area contributed by atoms with Gasteiger partial charge in [0.1, 0.15) is 0 Å². The fourth-order valence-electron chi connectivity index (χ4n) is 0.541. The summed E-state index contributed by atoms with van der Waals surface area (Å²) in [4.78, 5) is 0. The molecular weight excluding hydrogens is 145 g/mol. The normalized spacial score (nSPS) is 17.9. The zero-order valence-corrected chi connectivity index (χ0v) is 5.11. The summed E-state index contributed by atoms with van der Waals surface area (Å²) in [7, 11) is 0. The van der Waals surface area contributed by atoms with Crippen LogP contribution in [0.25, 0.3) is 0 Å². The summed E-state index contributed by atoms with van der Waals surface area (Å²) in [5.41, 5.74) is 1.99. The van der Waals surface area contributed by atoms with Crippen LogP contribution in [0.3, 0.4) is 0 Å². The third-order valence-corrected chi connectivity index (χ3v) is 1.06. The highest BCUT2D eigenvalue weighted by atomic mass is 19.3. The smallest absolute Gasteiger partial charge is 0.203 e. The second kappa shape index (κ2) is 2.32. The Morgan fingerprint density at radius 1 is 1.40 bits per heavy atom. The van der Waals surface area contributed by atoms with Crippen LogP contribution in [0.2, 0.25) is 0 Å². The number of rotatable bonds is 1. The van der Waals surface area contributed by atoms with Gasteiger partial charge in [-0.2, -0.15) is 5.10 Å². The Hall–Kier alpha value is -1.00. The van der Waals surface area contributed by atoms with Crippen LogP contribution in [0.1, 0.15) is 6.92 Å². The molecule has 0 unspecified atom stereocenters. The van der Waals surface area contributed by atoms with E-state index in [-0.39, 0.29) is 5.71 Å². The van der Waals surface area contributed by atoms with Gasteiger partial charge in [0.2, 0.25) is 0 Å². The maximum atomic E-state index is 12.4. The number of hydrogen-bond acceptors (Lipinski definition) is 1. The quantitative estimate of drug-likeness (QED) is 0.539. The van der Waals surface area contributed by atoms with Crippen molar-refractivity contribution in [3.05, 3.63) is 11.5 Å². The van der Waals surface area contributed by atoms with Gasteiger partial charge in [0.25, 0.3) is 6.43 Å². The van der Waals surface area contributed by atoms with Crippen LogP contribution >= 0.6 is 0 Å². The predicted octanol–water partition coefficient (Wildman–Crippen LogP) is 1.43. The van der Waals surface area contributed by atoms with Crippen molar-refractivity contribution < 1.29 is 13.2 Å². The van der Waals surface area contributed by atoms with E-state index in [0.29, 0.717) is 0 Å². The molecule has 0 N–H and O–H groups in total. The van der Waals surface area contributed by atoms with Crippen LogP contribution in [0, 0.1) is 0 Å². The lowest BCUT2D eigenvalue weighted by atomic mass is 10.3. The van der Waals surface area contributed by atoms with Crippen molar-refractivity contribution in [2.45, 2.75) is 13.3 Å². The van der Waals surface area contributed by atoms with E-state index in [1.165, 1.54) is 6.92 Å². The molecule has 1 rings (SSSR count). The highest BCUT2D eigenvalue weighted by Gasteiger charge is 2.25. The van der Waals surface area contributed by atoms with Crippen molar-refractivity contribution in [3.8, 4) is 0 Å². The van der Waals surface area contributed by atoms with Crippen LogP contribution in [0.4, 0.5) is 13.2 Å². The first kappa shape index (κ1) is 7.11. The van der Waals surface area contributed by atoms with Crippen LogP contribution in [0.5, 0.6) is 0 Å².